The van der Waals surface area contributed by atoms with Gasteiger partial charge in [0.05, 0.1) is 19.8 Å². The third-order valence-corrected chi connectivity index (χ3v) is 1.97. The number of aliphatic hydroxyl groups excluding tert-OH is 1. The lowest BCUT2D eigenvalue weighted by Gasteiger charge is -2.13. The van der Waals surface area contributed by atoms with Gasteiger partial charge in [-0.25, -0.2) is 0 Å². The fourth-order valence-corrected chi connectivity index (χ4v) is 1.24. The molecule has 15 heavy (non-hydrogen) atoms. The average molecular weight is 212 g/mol. The van der Waals surface area contributed by atoms with Crippen LogP contribution in [0.2, 0.25) is 0 Å². The lowest BCUT2D eigenvalue weighted by atomic mass is 10.1. The summed E-state index contributed by atoms with van der Waals surface area (Å²) in [6, 6.07) is 2.77. The number of carbonyl (C=O) groups is 1. The first-order valence-electron chi connectivity index (χ1n) is 4.22. The van der Waals surface area contributed by atoms with Crippen molar-refractivity contribution in [1.82, 2.24) is 0 Å². The standard InChI is InChI=1S/C10H12O5/c1-14-6-3-7(12)10(8(13)5-11)9(4-6)15-2/h3-5,8,12-13H,1-2H3/t8-/m1/s1. The molecular formula is C10H12O5. The highest BCUT2D eigenvalue weighted by Crippen LogP contribution is 2.36. The van der Waals surface area contributed by atoms with E-state index >= 15 is 0 Å². The molecule has 0 fully saturated rings. The van der Waals surface area contributed by atoms with E-state index in [4.69, 9.17) is 9.47 Å². The molecule has 0 radical (unpaired) electrons. The van der Waals surface area contributed by atoms with E-state index < -0.39 is 6.10 Å². The highest BCUT2D eigenvalue weighted by Gasteiger charge is 2.18. The second-order valence-electron chi connectivity index (χ2n) is 2.84. The molecule has 0 unspecified atom stereocenters. The maximum Gasteiger partial charge on any atom is 0.153 e. The minimum atomic E-state index is -1.41. The Morgan fingerprint density at radius 3 is 2.47 bits per heavy atom. The molecule has 1 aromatic rings. The topological polar surface area (TPSA) is 76.0 Å². The Hall–Kier alpha value is -1.75. The van der Waals surface area contributed by atoms with Gasteiger partial charge in [0.15, 0.2) is 6.29 Å². The summed E-state index contributed by atoms with van der Waals surface area (Å²) in [5.74, 6) is 0.337. The zero-order valence-electron chi connectivity index (χ0n) is 8.43. The molecule has 1 rings (SSSR count). The number of aldehydes is 1. The van der Waals surface area contributed by atoms with E-state index in [1.54, 1.807) is 0 Å². The first kappa shape index (κ1) is 11.3. The molecule has 1 aromatic carbocycles. The van der Waals surface area contributed by atoms with Crippen LogP contribution in [0.4, 0.5) is 0 Å². The molecule has 5 nitrogen and oxygen atoms in total. The SMILES string of the molecule is COc1cc(O)c([C@H](O)C=O)c(OC)c1. The number of aliphatic hydroxyl groups is 1. The average Bonchev–Trinajstić information content (AvgIpc) is 2.26. The highest BCUT2D eigenvalue weighted by molar-refractivity contribution is 5.66. The van der Waals surface area contributed by atoms with E-state index in [9.17, 15) is 15.0 Å². The van der Waals surface area contributed by atoms with Crippen molar-refractivity contribution >= 4 is 6.29 Å². The van der Waals surface area contributed by atoms with Gasteiger partial charge < -0.3 is 24.5 Å². The second-order valence-corrected chi connectivity index (χ2v) is 2.84. The van der Waals surface area contributed by atoms with Crippen LogP contribution in [0.15, 0.2) is 12.1 Å². The van der Waals surface area contributed by atoms with Crippen LogP contribution in [-0.2, 0) is 4.79 Å². The predicted molar refractivity (Wildman–Crippen MR) is 52.2 cm³/mol. The van der Waals surface area contributed by atoms with Gasteiger partial charge in [-0.1, -0.05) is 0 Å². The third-order valence-electron chi connectivity index (χ3n) is 1.97. The Balaban J connectivity index is 3.30. The van der Waals surface area contributed by atoms with Crippen LogP contribution in [0.3, 0.4) is 0 Å². The van der Waals surface area contributed by atoms with E-state index in [1.807, 2.05) is 0 Å². The van der Waals surface area contributed by atoms with Crippen LogP contribution < -0.4 is 9.47 Å². The van der Waals surface area contributed by atoms with Crippen LogP contribution in [0.5, 0.6) is 17.2 Å². The number of rotatable bonds is 4. The van der Waals surface area contributed by atoms with E-state index in [0.29, 0.717) is 12.0 Å². The summed E-state index contributed by atoms with van der Waals surface area (Å²) < 4.78 is 9.83. The number of aromatic hydroxyl groups is 1. The van der Waals surface area contributed by atoms with Crippen molar-refractivity contribution in [1.29, 1.82) is 0 Å². The Morgan fingerprint density at radius 1 is 1.33 bits per heavy atom. The lowest BCUT2D eigenvalue weighted by Crippen LogP contribution is -2.02. The summed E-state index contributed by atoms with van der Waals surface area (Å²) in [5, 5.41) is 18.9. The maximum atomic E-state index is 10.4. The molecule has 5 heteroatoms. The fraction of sp³-hybridized carbons (Fsp3) is 0.300. The number of methoxy groups -OCH3 is 2. The summed E-state index contributed by atoms with van der Waals surface area (Å²) in [6.07, 6.45) is -1.10. The van der Waals surface area contributed by atoms with Gasteiger partial charge in [-0.2, -0.15) is 0 Å². The van der Waals surface area contributed by atoms with Crippen LogP contribution in [0.25, 0.3) is 0 Å². The van der Waals surface area contributed by atoms with Gasteiger partial charge in [0.2, 0.25) is 0 Å². The summed E-state index contributed by atoms with van der Waals surface area (Å²) in [4.78, 5) is 10.4. The monoisotopic (exact) mass is 212 g/mol. The minimum Gasteiger partial charge on any atom is -0.507 e. The largest absolute Gasteiger partial charge is 0.507 e. The van der Waals surface area contributed by atoms with E-state index in [1.165, 1.54) is 26.4 Å². The zero-order chi connectivity index (χ0) is 11.4. The second kappa shape index (κ2) is 4.65. The summed E-state index contributed by atoms with van der Waals surface area (Å²) in [5.41, 5.74) is 0.0355. The first-order chi connectivity index (χ1) is 7.13. The molecule has 0 spiro atoms. The number of benzene rings is 1. The Kier molecular flexibility index (Phi) is 3.51. The van der Waals surface area contributed by atoms with Gasteiger partial charge >= 0.3 is 0 Å². The van der Waals surface area contributed by atoms with Crippen LogP contribution in [0.1, 0.15) is 11.7 Å². The normalized spacial score (nSPS) is 11.9. The van der Waals surface area contributed by atoms with E-state index in [0.717, 1.165) is 0 Å². The molecule has 82 valence electrons. The molecule has 2 N–H and O–H groups in total. The van der Waals surface area contributed by atoms with E-state index in [2.05, 4.69) is 0 Å². The quantitative estimate of drug-likeness (QED) is 0.716. The van der Waals surface area contributed by atoms with Crippen molar-refractivity contribution in [3.8, 4) is 17.2 Å². The summed E-state index contributed by atoms with van der Waals surface area (Å²) in [6.45, 7) is 0. The van der Waals surface area contributed by atoms with Crippen molar-refractivity contribution in [2.45, 2.75) is 6.10 Å². The smallest absolute Gasteiger partial charge is 0.153 e. The number of phenols is 1. The maximum absolute atomic E-state index is 10.4. The molecule has 0 saturated heterocycles. The van der Waals surface area contributed by atoms with Crippen molar-refractivity contribution in [3.05, 3.63) is 17.7 Å². The molecule has 0 heterocycles. The summed E-state index contributed by atoms with van der Waals surface area (Å²) >= 11 is 0. The molecule has 0 aromatic heterocycles. The minimum absolute atomic E-state index is 0.0355. The van der Waals surface area contributed by atoms with E-state index in [-0.39, 0.29) is 17.1 Å². The van der Waals surface area contributed by atoms with Gasteiger partial charge in [0, 0.05) is 12.1 Å². The van der Waals surface area contributed by atoms with Crippen molar-refractivity contribution < 1.29 is 24.5 Å². The van der Waals surface area contributed by atoms with Crippen LogP contribution in [-0.4, -0.2) is 30.7 Å². The predicted octanol–water partition coefficient (Wildman–Crippen LogP) is 0.642. The molecule has 0 aliphatic carbocycles. The lowest BCUT2D eigenvalue weighted by molar-refractivity contribution is -0.115. The summed E-state index contributed by atoms with van der Waals surface area (Å²) in [7, 11) is 2.80. The Morgan fingerprint density at radius 2 is 2.00 bits per heavy atom. The van der Waals surface area contributed by atoms with Crippen molar-refractivity contribution in [3.63, 3.8) is 0 Å². The molecule has 1 atom stereocenters. The van der Waals surface area contributed by atoms with Crippen LogP contribution >= 0.6 is 0 Å². The fourth-order valence-electron chi connectivity index (χ4n) is 1.24. The third kappa shape index (κ3) is 2.19. The van der Waals surface area contributed by atoms with Gasteiger partial charge in [0.1, 0.15) is 23.4 Å². The molecule has 0 aliphatic heterocycles. The van der Waals surface area contributed by atoms with Gasteiger partial charge in [-0.05, 0) is 0 Å². The van der Waals surface area contributed by atoms with Crippen molar-refractivity contribution in [2.24, 2.45) is 0 Å². The Labute approximate surface area is 86.9 Å². The molecular weight excluding hydrogens is 200 g/mol. The number of carbonyl (C=O) groups excluding carboxylic acids is 1. The highest BCUT2D eigenvalue weighted by atomic mass is 16.5. The first-order valence-corrected chi connectivity index (χ1v) is 4.22. The van der Waals surface area contributed by atoms with Crippen molar-refractivity contribution in [2.75, 3.05) is 14.2 Å². The molecule has 0 amide bonds. The van der Waals surface area contributed by atoms with Gasteiger partial charge in [-0.3, -0.25) is 0 Å². The number of hydrogen-bond donors (Lipinski definition) is 2. The Bertz CT molecular complexity index is 361. The van der Waals surface area contributed by atoms with Crippen LogP contribution in [0, 0.1) is 0 Å². The number of hydrogen-bond acceptors (Lipinski definition) is 5. The zero-order valence-corrected chi connectivity index (χ0v) is 8.43. The molecule has 0 aliphatic rings. The van der Waals surface area contributed by atoms with Gasteiger partial charge in [-0.15, -0.1) is 0 Å². The van der Waals surface area contributed by atoms with Gasteiger partial charge in [0.25, 0.3) is 0 Å². The molecule has 0 saturated carbocycles. The molecule has 0 bridgehead atoms. The number of phenolic OH excluding ortho intramolecular Hbond substituents is 1. The number of ether oxygens (including phenoxy) is 2.